The van der Waals surface area contributed by atoms with E-state index in [1.807, 2.05) is 6.92 Å². The maximum absolute atomic E-state index is 14.4. The summed E-state index contributed by atoms with van der Waals surface area (Å²) in [4.78, 5) is 56.6. The normalized spacial score (nSPS) is 42.5. The van der Waals surface area contributed by atoms with Gasteiger partial charge in [0.2, 0.25) is 5.91 Å². The highest BCUT2D eigenvalue weighted by Crippen LogP contribution is 2.58. The van der Waals surface area contributed by atoms with Gasteiger partial charge in [-0.2, -0.15) is 0 Å². The second kappa shape index (κ2) is 10.6. The van der Waals surface area contributed by atoms with E-state index in [1.165, 1.54) is 11.0 Å². The Kier molecular flexibility index (Phi) is 7.49. The number of amides is 1. The third kappa shape index (κ3) is 4.48. The van der Waals surface area contributed by atoms with E-state index in [2.05, 4.69) is 6.92 Å². The van der Waals surface area contributed by atoms with Crippen LogP contribution in [0, 0.1) is 40.9 Å². The Balaban J connectivity index is 1.54. The number of aliphatic hydroxyl groups is 3. The fraction of sp³-hybridized carbons (Fsp3) is 0.647. The molecule has 3 saturated carbocycles. The summed E-state index contributed by atoms with van der Waals surface area (Å²) in [6.07, 6.45) is 1.21. The molecule has 6 rings (SSSR count). The number of nitrogens with zero attached hydrogens (tertiary/aromatic N) is 1. The molecule has 11 nitrogen and oxygen atoms in total. The third-order valence-corrected chi connectivity index (χ3v) is 11.7. The summed E-state index contributed by atoms with van der Waals surface area (Å²) in [6.45, 7) is 5.87. The van der Waals surface area contributed by atoms with Crippen LogP contribution in [0.5, 0.6) is 5.75 Å². The molecule has 1 amide bonds. The maximum atomic E-state index is 14.4. The number of ether oxygens (including phenoxy) is 1. The molecule has 11 heteroatoms. The summed E-state index contributed by atoms with van der Waals surface area (Å²) in [5, 5.41) is 46.3. The van der Waals surface area contributed by atoms with E-state index in [-0.39, 0.29) is 16.9 Å². The highest BCUT2D eigenvalue weighted by atomic mass is 16.5. The molecule has 10 atom stereocenters. The van der Waals surface area contributed by atoms with Crippen LogP contribution >= 0.6 is 0 Å². The smallest absolute Gasteiger partial charge is 0.312 e. The first-order valence-corrected chi connectivity index (χ1v) is 15.9. The van der Waals surface area contributed by atoms with E-state index in [9.17, 15) is 39.6 Å². The van der Waals surface area contributed by atoms with Crippen LogP contribution in [0.15, 0.2) is 29.5 Å². The lowest BCUT2D eigenvalue weighted by molar-refractivity contribution is -0.209. The molecule has 5 aliphatic carbocycles. The monoisotopic (exact) mass is 624 g/mol. The van der Waals surface area contributed by atoms with Crippen molar-refractivity contribution >= 4 is 23.4 Å². The number of hydrogen-bond acceptors (Lipinski definition) is 10. The number of esters is 1. The lowest BCUT2D eigenvalue weighted by Crippen LogP contribution is -2.75. The summed E-state index contributed by atoms with van der Waals surface area (Å²) in [5.74, 6) is -8.93. The van der Waals surface area contributed by atoms with Crippen LogP contribution in [0.1, 0.15) is 74.7 Å². The Hall–Kier alpha value is -3.28. The molecule has 0 spiro atoms. The molecule has 244 valence electrons. The molecule has 0 radical (unpaired) electrons. The number of nitrogens with two attached hydrogens (primary N) is 1. The van der Waals surface area contributed by atoms with Crippen LogP contribution in [0.4, 0.5) is 0 Å². The summed E-state index contributed by atoms with van der Waals surface area (Å²) < 4.78 is 6.45. The Morgan fingerprint density at radius 3 is 2.24 bits per heavy atom. The number of primary amides is 1. The number of fused-ring (bicyclic) bond motifs is 5. The van der Waals surface area contributed by atoms with Gasteiger partial charge in [0, 0.05) is 17.5 Å². The van der Waals surface area contributed by atoms with Crippen molar-refractivity contribution < 1.29 is 44.3 Å². The number of Topliss-reactive ketones (excluding diaryl/α,β-unsaturated/α-hetero) is 2. The number of carbonyl (C=O) groups excluding carboxylic acids is 4. The highest BCUT2D eigenvalue weighted by Gasteiger charge is 2.71. The zero-order chi connectivity index (χ0) is 32.9. The van der Waals surface area contributed by atoms with Crippen LogP contribution in [-0.4, -0.2) is 86.7 Å². The summed E-state index contributed by atoms with van der Waals surface area (Å²) in [7, 11) is 3.15. The summed E-state index contributed by atoms with van der Waals surface area (Å²) in [5.41, 5.74) is 1.79. The van der Waals surface area contributed by atoms with E-state index >= 15 is 0 Å². The van der Waals surface area contributed by atoms with Crippen LogP contribution in [0.2, 0.25) is 0 Å². The molecule has 6 N–H and O–H groups in total. The van der Waals surface area contributed by atoms with Gasteiger partial charge in [0.25, 0.3) is 0 Å². The van der Waals surface area contributed by atoms with Gasteiger partial charge < -0.3 is 35.8 Å². The molecule has 2 bridgehead atoms. The molecule has 0 aromatic heterocycles. The van der Waals surface area contributed by atoms with E-state index < -0.39 is 82.1 Å². The van der Waals surface area contributed by atoms with Crippen molar-refractivity contribution in [2.75, 3.05) is 14.1 Å². The second-order valence-corrected chi connectivity index (χ2v) is 15.0. The average molecular weight is 625 g/mol. The molecular weight excluding hydrogens is 580 g/mol. The fourth-order valence-corrected chi connectivity index (χ4v) is 10.1. The zero-order valence-electron chi connectivity index (χ0n) is 26.4. The number of likely N-dealkylation sites (N-methyl/N-ethyl adjacent to an activating group) is 1. The minimum absolute atomic E-state index is 0.0879. The van der Waals surface area contributed by atoms with Crippen molar-refractivity contribution in [3.63, 3.8) is 0 Å². The first-order valence-electron chi connectivity index (χ1n) is 15.9. The number of carbonyl (C=O) groups is 4. The predicted octanol–water partition coefficient (Wildman–Crippen LogP) is 2.22. The SMILES string of the molecule is CC1CC2CC(C1)CC(C)(C(=O)O[C@H]1[C@H]3C(=C(O)[C@]4(O)C(=O)C(C(N)=O)C(O)[C@@H](N(C)C)[C@H]14)C(=O)c1c(O)cccc1[C@@H]3C)C2. The number of ketones is 2. The van der Waals surface area contributed by atoms with Gasteiger partial charge in [-0.05, 0) is 88.4 Å². The van der Waals surface area contributed by atoms with E-state index in [0.717, 1.165) is 19.3 Å². The van der Waals surface area contributed by atoms with Gasteiger partial charge in [0.1, 0.15) is 23.5 Å². The molecule has 1 aromatic rings. The number of phenols is 1. The molecular formula is C34H44N2O9. The molecule has 5 aliphatic rings. The van der Waals surface area contributed by atoms with Crippen molar-refractivity contribution in [2.24, 2.45) is 46.7 Å². The Bertz CT molecular complexity index is 1480. The van der Waals surface area contributed by atoms with Crippen molar-refractivity contribution in [3.05, 3.63) is 40.7 Å². The Labute approximate surface area is 262 Å². The van der Waals surface area contributed by atoms with Crippen molar-refractivity contribution in [2.45, 2.75) is 82.6 Å². The van der Waals surface area contributed by atoms with Gasteiger partial charge in [-0.25, -0.2) is 0 Å². The first-order chi connectivity index (χ1) is 21.0. The number of benzene rings is 1. The number of rotatable bonds is 4. The summed E-state index contributed by atoms with van der Waals surface area (Å²) in [6, 6.07) is 3.39. The van der Waals surface area contributed by atoms with Crippen molar-refractivity contribution in [3.8, 4) is 5.75 Å². The first kappa shape index (κ1) is 31.7. The average Bonchev–Trinajstić information content (AvgIpc) is 2.93. The van der Waals surface area contributed by atoms with Crippen molar-refractivity contribution in [1.82, 2.24) is 4.90 Å². The number of phenolic OH excluding ortho intramolecular Hbond substituents is 1. The van der Waals surface area contributed by atoms with Gasteiger partial charge >= 0.3 is 5.97 Å². The molecule has 3 fully saturated rings. The summed E-state index contributed by atoms with van der Waals surface area (Å²) >= 11 is 0. The van der Waals surface area contributed by atoms with Gasteiger partial charge in [-0.15, -0.1) is 0 Å². The molecule has 0 saturated heterocycles. The zero-order valence-corrected chi connectivity index (χ0v) is 26.4. The number of aromatic hydroxyl groups is 1. The molecule has 45 heavy (non-hydrogen) atoms. The fourth-order valence-electron chi connectivity index (χ4n) is 10.1. The van der Waals surface area contributed by atoms with Gasteiger partial charge in [-0.1, -0.05) is 26.0 Å². The lowest BCUT2D eigenvalue weighted by Gasteiger charge is -2.57. The van der Waals surface area contributed by atoms with Gasteiger partial charge in [0.05, 0.1) is 23.0 Å². The maximum Gasteiger partial charge on any atom is 0.312 e. The minimum Gasteiger partial charge on any atom is -0.508 e. The van der Waals surface area contributed by atoms with E-state index in [4.69, 9.17) is 10.5 Å². The quantitative estimate of drug-likeness (QED) is 0.246. The molecule has 4 unspecified atom stereocenters. The molecule has 0 aliphatic heterocycles. The van der Waals surface area contributed by atoms with Gasteiger partial charge in [0.15, 0.2) is 17.2 Å². The van der Waals surface area contributed by atoms with Crippen LogP contribution in [0.3, 0.4) is 0 Å². The number of hydrogen-bond donors (Lipinski definition) is 5. The second-order valence-electron chi connectivity index (χ2n) is 15.0. The van der Waals surface area contributed by atoms with E-state index in [0.29, 0.717) is 36.2 Å². The predicted molar refractivity (Wildman–Crippen MR) is 161 cm³/mol. The largest absolute Gasteiger partial charge is 0.508 e. The molecule has 1 aromatic carbocycles. The highest BCUT2D eigenvalue weighted by molar-refractivity contribution is 6.16. The van der Waals surface area contributed by atoms with Crippen LogP contribution < -0.4 is 5.73 Å². The van der Waals surface area contributed by atoms with E-state index in [1.54, 1.807) is 33.2 Å². The van der Waals surface area contributed by atoms with Gasteiger partial charge in [-0.3, -0.25) is 19.2 Å². The number of aliphatic hydroxyl groups excluding tert-OH is 2. The van der Waals surface area contributed by atoms with Crippen LogP contribution in [-0.2, 0) is 19.1 Å². The minimum atomic E-state index is -2.90. The third-order valence-electron chi connectivity index (χ3n) is 11.7. The van der Waals surface area contributed by atoms with Crippen molar-refractivity contribution in [1.29, 1.82) is 0 Å². The van der Waals surface area contributed by atoms with Crippen LogP contribution in [0.25, 0.3) is 0 Å². The lowest BCUT2D eigenvalue weighted by atomic mass is 9.53. The Morgan fingerprint density at radius 2 is 1.67 bits per heavy atom. The standard InChI is InChI=1S/C34H44N2O9/c1-14-9-16-11-17(10-14)13-33(3,12-16)32(43)45-28-20-15(2)18-7-6-8-19(37)21(18)26(38)22(20)29(40)34(44)24(28)25(36(4)5)27(39)23(30(34)41)31(35)42/h6-8,14-17,20,23-25,27-28,37,39-40,44H,9-13H2,1-5H3,(H2,35,42)/t14?,15-,16?,17?,20+,23?,24+,25-,27?,28-,33?,34-/m0/s1. The molecule has 0 heterocycles. The Morgan fingerprint density at radius 1 is 1.04 bits per heavy atom. The topological polar surface area (TPSA) is 188 Å².